The summed E-state index contributed by atoms with van der Waals surface area (Å²) in [5, 5.41) is 11.4. The maximum absolute atomic E-state index is 10.9. The van der Waals surface area contributed by atoms with E-state index in [2.05, 4.69) is 27.9 Å². The molecule has 0 saturated carbocycles. The smallest absolute Gasteiger partial charge is 0.326 e. The summed E-state index contributed by atoms with van der Waals surface area (Å²) in [4.78, 5) is 21.8. The van der Waals surface area contributed by atoms with Crippen molar-refractivity contribution < 1.29 is 14.7 Å². The fourth-order valence-corrected chi connectivity index (χ4v) is 1.94. The Hall–Kier alpha value is -1.11. The molecule has 0 aliphatic heterocycles. The van der Waals surface area contributed by atoms with Gasteiger partial charge in [-0.1, -0.05) is 18.2 Å². The maximum atomic E-state index is 10.9. The predicted octanol–water partition coefficient (Wildman–Crippen LogP) is 1.42. The number of benzene rings is 1. The van der Waals surface area contributed by atoms with Gasteiger partial charge in [0.15, 0.2) is 0 Å². The van der Waals surface area contributed by atoms with Gasteiger partial charge in [0.2, 0.25) is 5.91 Å². The van der Waals surface area contributed by atoms with Crippen LogP contribution in [0.25, 0.3) is 0 Å². The number of carbonyl (C=O) groups excluding carboxylic acids is 1. The summed E-state index contributed by atoms with van der Waals surface area (Å²) in [6.45, 7) is 1.31. The van der Waals surface area contributed by atoms with Gasteiger partial charge in [-0.25, -0.2) is 4.79 Å². The molecular weight excluding hydrogens is 321 g/mol. The average Bonchev–Trinajstić information content (AvgIpc) is 2.19. The molecule has 5 heteroatoms. The monoisotopic (exact) mass is 333 g/mol. The predicted molar refractivity (Wildman–Crippen MR) is 68.1 cm³/mol. The Morgan fingerprint density at radius 2 is 2.06 bits per heavy atom. The third-order valence-electron chi connectivity index (χ3n) is 2.06. The summed E-state index contributed by atoms with van der Waals surface area (Å²) < 4.78 is 0.997. The zero-order valence-electron chi connectivity index (χ0n) is 8.74. The second-order valence-corrected chi connectivity index (χ2v) is 4.55. The maximum Gasteiger partial charge on any atom is 0.326 e. The molecule has 86 valence electrons. The van der Waals surface area contributed by atoms with E-state index in [0.29, 0.717) is 6.42 Å². The van der Waals surface area contributed by atoms with Crippen LogP contribution < -0.4 is 5.32 Å². The van der Waals surface area contributed by atoms with Crippen molar-refractivity contribution in [3.8, 4) is 0 Å². The van der Waals surface area contributed by atoms with Gasteiger partial charge in [0, 0.05) is 16.9 Å². The van der Waals surface area contributed by atoms with Gasteiger partial charge in [0.05, 0.1) is 0 Å². The normalized spacial score (nSPS) is 11.9. The molecule has 0 heterocycles. The number of rotatable bonds is 4. The number of halogens is 1. The first kappa shape index (κ1) is 13.0. The third kappa shape index (κ3) is 3.80. The summed E-state index contributed by atoms with van der Waals surface area (Å²) in [5.74, 6) is -1.35. The van der Waals surface area contributed by atoms with E-state index in [0.717, 1.165) is 9.13 Å². The van der Waals surface area contributed by atoms with Gasteiger partial charge in [0.1, 0.15) is 6.04 Å². The molecule has 0 spiro atoms. The van der Waals surface area contributed by atoms with Gasteiger partial charge in [-0.2, -0.15) is 0 Å². The lowest BCUT2D eigenvalue weighted by Crippen LogP contribution is -2.41. The van der Waals surface area contributed by atoms with Crippen molar-refractivity contribution in [1.29, 1.82) is 0 Å². The minimum absolute atomic E-state index is 0.300. The number of hydrogen-bond donors (Lipinski definition) is 2. The lowest BCUT2D eigenvalue weighted by molar-refractivity contribution is -0.141. The number of carboxylic acid groups (broad SMARTS) is 1. The van der Waals surface area contributed by atoms with Crippen molar-refractivity contribution in [3.05, 3.63) is 33.4 Å². The van der Waals surface area contributed by atoms with Gasteiger partial charge < -0.3 is 10.4 Å². The lowest BCUT2D eigenvalue weighted by Gasteiger charge is -2.14. The molecule has 1 aromatic carbocycles. The second kappa shape index (κ2) is 5.83. The van der Waals surface area contributed by atoms with Crippen molar-refractivity contribution in [2.75, 3.05) is 0 Å². The number of aliphatic carboxylic acids is 1. The highest BCUT2D eigenvalue weighted by Gasteiger charge is 2.19. The molecule has 0 unspecified atom stereocenters. The fourth-order valence-electron chi connectivity index (χ4n) is 1.33. The number of nitrogens with one attached hydrogen (secondary N) is 1. The van der Waals surface area contributed by atoms with Crippen LogP contribution in [0.3, 0.4) is 0 Å². The Bertz CT molecular complexity index is 406. The van der Waals surface area contributed by atoms with Crippen LogP contribution in [0.1, 0.15) is 12.5 Å². The molecule has 4 nitrogen and oxygen atoms in total. The summed E-state index contributed by atoms with van der Waals surface area (Å²) >= 11 is 2.15. The van der Waals surface area contributed by atoms with Crippen LogP contribution in [0.2, 0.25) is 0 Å². The van der Waals surface area contributed by atoms with E-state index in [9.17, 15) is 9.59 Å². The molecule has 0 aliphatic carbocycles. The van der Waals surface area contributed by atoms with Crippen LogP contribution in [-0.4, -0.2) is 23.0 Å². The van der Waals surface area contributed by atoms with Crippen molar-refractivity contribution >= 4 is 34.5 Å². The Labute approximate surface area is 107 Å². The number of hydrogen-bond acceptors (Lipinski definition) is 2. The zero-order chi connectivity index (χ0) is 12.1. The Kier molecular flexibility index (Phi) is 4.72. The quantitative estimate of drug-likeness (QED) is 0.819. The summed E-state index contributed by atoms with van der Waals surface area (Å²) in [6.07, 6.45) is 0.300. The molecule has 0 saturated heterocycles. The minimum atomic E-state index is -1.02. The van der Waals surface area contributed by atoms with Gasteiger partial charge in [-0.3, -0.25) is 4.79 Å². The van der Waals surface area contributed by atoms with Crippen LogP contribution in [0.15, 0.2) is 24.3 Å². The molecule has 1 atom stereocenters. The van der Waals surface area contributed by atoms with E-state index in [1.54, 1.807) is 0 Å². The van der Waals surface area contributed by atoms with Crippen molar-refractivity contribution in [1.82, 2.24) is 5.32 Å². The molecule has 0 fully saturated rings. The standard InChI is InChI=1S/C11H12INO3/c1-7(14)13-10(11(15)16)6-8-4-2-3-5-9(8)12/h2-5,10H,6H2,1H3,(H,13,14)(H,15,16)/t10-/m0/s1. The summed E-state index contributed by atoms with van der Waals surface area (Å²) in [5.41, 5.74) is 0.921. The van der Waals surface area contributed by atoms with Crippen molar-refractivity contribution in [3.63, 3.8) is 0 Å². The first-order valence-corrected chi connectivity index (χ1v) is 5.82. The molecule has 0 bridgehead atoms. The van der Waals surface area contributed by atoms with Crippen LogP contribution >= 0.6 is 22.6 Å². The minimum Gasteiger partial charge on any atom is -0.480 e. The van der Waals surface area contributed by atoms with Crippen LogP contribution in [-0.2, 0) is 16.0 Å². The first-order valence-electron chi connectivity index (χ1n) is 4.74. The average molecular weight is 333 g/mol. The topological polar surface area (TPSA) is 66.4 Å². The van der Waals surface area contributed by atoms with E-state index in [4.69, 9.17) is 5.11 Å². The highest BCUT2D eigenvalue weighted by atomic mass is 127. The Morgan fingerprint density at radius 1 is 1.44 bits per heavy atom. The van der Waals surface area contributed by atoms with Gasteiger partial charge >= 0.3 is 5.97 Å². The van der Waals surface area contributed by atoms with E-state index < -0.39 is 12.0 Å². The van der Waals surface area contributed by atoms with Gasteiger partial charge in [-0.05, 0) is 34.2 Å². The van der Waals surface area contributed by atoms with E-state index in [1.165, 1.54) is 6.92 Å². The number of carboxylic acids is 1. The first-order chi connectivity index (χ1) is 7.50. The van der Waals surface area contributed by atoms with Crippen LogP contribution in [0.4, 0.5) is 0 Å². The summed E-state index contributed by atoms with van der Waals surface area (Å²) in [6, 6.07) is 6.64. The Balaban J connectivity index is 2.80. The van der Waals surface area contributed by atoms with Crippen molar-refractivity contribution in [2.24, 2.45) is 0 Å². The molecule has 0 aromatic heterocycles. The molecule has 0 radical (unpaired) electrons. The summed E-state index contributed by atoms with van der Waals surface area (Å²) in [7, 11) is 0. The third-order valence-corrected chi connectivity index (χ3v) is 3.11. The molecule has 1 rings (SSSR count). The number of amides is 1. The molecule has 2 N–H and O–H groups in total. The number of carbonyl (C=O) groups is 2. The lowest BCUT2D eigenvalue weighted by atomic mass is 10.1. The molecule has 1 amide bonds. The van der Waals surface area contributed by atoms with Gasteiger partial charge in [-0.15, -0.1) is 0 Å². The van der Waals surface area contributed by atoms with Gasteiger partial charge in [0.25, 0.3) is 0 Å². The van der Waals surface area contributed by atoms with Crippen LogP contribution in [0, 0.1) is 3.57 Å². The highest BCUT2D eigenvalue weighted by molar-refractivity contribution is 14.1. The molecule has 16 heavy (non-hydrogen) atoms. The molecular formula is C11H12INO3. The molecule has 0 aliphatic rings. The largest absolute Gasteiger partial charge is 0.480 e. The molecule has 1 aromatic rings. The van der Waals surface area contributed by atoms with E-state index in [-0.39, 0.29) is 5.91 Å². The fraction of sp³-hybridized carbons (Fsp3) is 0.273. The van der Waals surface area contributed by atoms with E-state index in [1.807, 2.05) is 24.3 Å². The Morgan fingerprint density at radius 3 is 2.56 bits per heavy atom. The SMILES string of the molecule is CC(=O)N[C@@H](Cc1ccccc1I)C(=O)O. The highest BCUT2D eigenvalue weighted by Crippen LogP contribution is 2.13. The van der Waals surface area contributed by atoms with E-state index >= 15 is 0 Å². The van der Waals surface area contributed by atoms with Crippen LogP contribution in [0.5, 0.6) is 0 Å². The zero-order valence-corrected chi connectivity index (χ0v) is 10.9. The van der Waals surface area contributed by atoms with Crippen molar-refractivity contribution in [2.45, 2.75) is 19.4 Å². The second-order valence-electron chi connectivity index (χ2n) is 3.39.